The molecule has 4 aromatic heterocycles. The fourth-order valence-corrected chi connectivity index (χ4v) is 8.92. The standard InChI is InChI=1S/C30H28NOS2.C15H28O2.Ir/c1-16(2)11-20-17(3)32-24-15-26-22(14-21(20)24)27-25(34-26)7-9-31-28(27)19-12-18-8-10-33-29(18)23(13-19)30(4,5)6;1-7-14(5,8-2)12(16)11-13(17)15(6,9-3)10-4;/h7-10,13-16H,11H2,1-6H3;11,16H,7-10H2,1-6H3;/q-1;;/b;12-11-;. The van der Waals surface area contributed by atoms with Gasteiger partial charge in [0.05, 0.1) is 0 Å². The van der Waals surface area contributed by atoms with Crippen molar-refractivity contribution < 1.29 is 34.4 Å². The number of fused-ring (bicyclic) bond motifs is 5. The summed E-state index contributed by atoms with van der Waals surface area (Å²) in [5, 5.41) is 17.2. The van der Waals surface area contributed by atoms with Crippen LogP contribution >= 0.6 is 22.7 Å². The summed E-state index contributed by atoms with van der Waals surface area (Å²) in [4.78, 5) is 17.1. The fraction of sp³-hybridized carbons (Fsp3) is 0.467. The van der Waals surface area contributed by atoms with Gasteiger partial charge in [0.2, 0.25) is 0 Å². The topological polar surface area (TPSA) is 63.3 Å². The summed E-state index contributed by atoms with van der Waals surface area (Å²) >= 11 is 3.62. The van der Waals surface area contributed by atoms with Gasteiger partial charge >= 0.3 is 0 Å². The zero-order valence-corrected chi connectivity index (χ0v) is 37.1. The number of rotatable bonds is 10. The molecule has 6 aromatic rings. The van der Waals surface area contributed by atoms with Crippen LogP contribution in [-0.2, 0) is 36.7 Å². The molecule has 0 aliphatic carbocycles. The Labute approximate surface area is 332 Å². The SMILES string of the molecule is CCC(C)(CC)C(=O)/C=C(\O)C(C)(CC)CC.Cc1oc2cc3sc4ccnc(-c5[c-]c6ccsc6c(C(C)(C)C)c5)c4c3cc2c1CC(C)C.[Ir]. The molecule has 4 heterocycles. The van der Waals surface area contributed by atoms with Gasteiger partial charge in [0.25, 0.3) is 0 Å². The second-order valence-corrected chi connectivity index (χ2v) is 18.2. The van der Waals surface area contributed by atoms with E-state index in [1.165, 1.54) is 52.8 Å². The molecule has 0 aliphatic heterocycles. The Morgan fingerprint density at radius 3 is 2.19 bits per heavy atom. The van der Waals surface area contributed by atoms with Crippen LogP contribution < -0.4 is 0 Å². The van der Waals surface area contributed by atoms with Crippen molar-refractivity contribution in [3.8, 4) is 11.3 Å². The monoisotopic (exact) mass is 915 g/mol. The molecule has 0 amide bonds. The molecule has 7 heteroatoms. The minimum atomic E-state index is -0.337. The molecule has 0 atom stereocenters. The first-order valence-corrected chi connectivity index (χ1v) is 20.3. The second-order valence-electron chi connectivity index (χ2n) is 16.2. The molecule has 0 fully saturated rings. The summed E-state index contributed by atoms with van der Waals surface area (Å²) in [5.41, 5.74) is 5.22. The Morgan fingerprint density at radius 2 is 1.60 bits per heavy atom. The number of pyridine rings is 1. The van der Waals surface area contributed by atoms with Crippen molar-refractivity contribution in [1.29, 1.82) is 0 Å². The molecule has 2 aromatic carbocycles. The minimum absolute atomic E-state index is 0. The van der Waals surface area contributed by atoms with Crippen molar-refractivity contribution in [3.63, 3.8) is 0 Å². The Bertz CT molecular complexity index is 2220. The van der Waals surface area contributed by atoms with Gasteiger partial charge in [-0.1, -0.05) is 87.3 Å². The van der Waals surface area contributed by atoms with Crippen molar-refractivity contribution in [2.24, 2.45) is 16.7 Å². The van der Waals surface area contributed by atoms with E-state index in [0.29, 0.717) is 5.92 Å². The third kappa shape index (κ3) is 8.14. The molecule has 4 nitrogen and oxygen atoms in total. The number of furan rings is 1. The number of aromatic nitrogens is 1. The number of aryl methyl sites for hydroxylation is 1. The van der Waals surface area contributed by atoms with Crippen molar-refractivity contribution in [3.05, 3.63) is 76.7 Å². The molecule has 0 unspecified atom stereocenters. The molecule has 0 saturated carbocycles. The van der Waals surface area contributed by atoms with Crippen LogP contribution in [0.4, 0.5) is 0 Å². The zero-order chi connectivity index (χ0) is 37.5. The number of allylic oxidation sites excluding steroid dienone is 2. The van der Waals surface area contributed by atoms with Gasteiger partial charge in [0, 0.05) is 69.3 Å². The Kier molecular flexibility index (Phi) is 13.1. The largest absolute Gasteiger partial charge is 0.512 e. The number of ketones is 1. The maximum atomic E-state index is 12.2. The number of thiophene rings is 2. The zero-order valence-electron chi connectivity index (χ0n) is 33.1. The van der Waals surface area contributed by atoms with E-state index in [2.05, 4.69) is 83.3 Å². The van der Waals surface area contributed by atoms with Gasteiger partial charge in [0.1, 0.15) is 17.1 Å². The van der Waals surface area contributed by atoms with Crippen molar-refractivity contribution >= 4 is 69.7 Å². The molecule has 0 saturated heterocycles. The molecule has 1 N–H and O–H groups in total. The first kappa shape index (κ1) is 41.9. The van der Waals surface area contributed by atoms with Crippen LogP contribution in [0.25, 0.3) is 52.5 Å². The van der Waals surface area contributed by atoms with Crippen LogP contribution in [0.1, 0.15) is 119 Å². The van der Waals surface area contributed by atoms with Crippen LogP contribution in [0.5, 0.6) is 0 Å². The molecule has 0 aliphatic rings. The molecule has 0 bridgehead atoms. The number of carbonyl (C=O) groups is 1. The van der Waals surface area contributed by atoms with Crippen molar-refractivity contribution in [1.82, 2.24) is 4.98 Å². The van der Waals surface area contributed by atoms with Gasteiger partial charge in [-0.3, -0.25) is 9.78 Å². The molecule has 0 spiro atoms. The van der Waals surface area contributed by atoms with E-state index < -0.39 is 0 Å². The molecular weight excluding hydrogens is 859 g/mol. The quantitative estimate of drug-likeness (QED) is 0.0845. The van der Waals surface area contributed by atoms with Gasteiger partial charge in [-0.2, -0.15) is 11.3 Å². The van der Waals surface area contributed by atoms with Gasteiger partial charge in [-0.05, 0) is 89.4 Å². The maximum Gasteiger partial charge on any atom is 0.164 e. The first-order chi connectivity index (χ1) is 24.0. The summed E-state index contributed by atoms with van der Waals surface area (Å²) in [6.07, 6.45) is 7.72. The molecule has 1 radical (unpaired) electrons. The summed E-state index contributed by atoms with van der Waals surface area (Å²) in [6, 6.07) is 14.9. The third-order valence-corrected chi connectivity index (χ3v) is 13.3. The van der Waals surface area contributed by atoms with Crippen molar-refractivity contribution in [2.45, 2.75) is 121 Å². The number of aliphatic hydroxyl groups is 1. The molecule has 281 valence electrons. The van der Waals surface area contributed by atoms with E-state index >= 15 is 0 Å². The predicted molar refractivity (Wildman–Crippen MR) is 222 cm³/mol. The number of benzene rings is 2. The van der Waals surface area contributed by atoms with Gasteiger partial charge in [0.15, 0.2) is 5.78 Å². The van der Waals surface area contributed by atoms with Crippen molar-refractivity contribution in [2.75, 3.05) is 0 Å². The number of hydrogen-bond acceptors (Lipinski definition) is 6. The van der Waals surface area contributed by atoms with E-state index in [4.69, 9.17) is 9.40 Å². The molecular formula is C45H56IrNO3S2-. The Balaban J connectivity index is 0.000000289. The maximum absolute atomic E-state index is 12.2. The van der Waals surface area contributed by atoms with E-state index in [1.807, 2.05) is 59.1 Å². The average Bonchev–Trinajstić information content (AvgIpc) is 3.80. The van der Waals surface area contributed by atoms with Crippen LogP contribution in [0.15, 0.2) is 58.2 Å². The Hall–Kier alpha value is -2.83. The molecule has 52 heavy (non-hydrogen) atoms. The van der Waals surface area contributed by atoms with E-state index in [9.17, 15) is 9.90 Å². The number of nitrogens with zero attached hydrogens (tertiary/aromatic N) is 1. The van der Waals surface area contributed by atoms with Gasteiger partial charge < -0.3 is 9.52 Å². The summed E-state index contributed by atoms with van der Waals surface area (Å²) in [6.45, 7) is 25.6. The molecule has 6 rings (SSSR count). The average molecular weight is 915 g/mol. The van der Waals surface area contributed by atoms with Crippen LogP contribution in [0.2, 0.25) is 0 Å². The summed E-state index contributed by atoms with van der Waals surface area (Å²) in [5.74, 6) is 1.90. The van der Waals surface area contributed by atoms with Crippen LogP contribution in [-0.4, -0.2) is 15.9 Å². The van der Waals surface area contributed by atoms with Gasteiger partial charge in [-0.25, -0.2) is 0 Å². The minimum Gasteiger partial charge on any atom is -0.512 e. The normalized spacial score (nSPS) is 12.9. The fourth-order valence-electron chi connectivity index (χ4n) is 6.73. The number of hydrogen-bond donors (Lipinski definition) is 1. The number of aliphatic hydroxyl groups excluding tert-OH is 1. The van der Waals surface area contributed by atoms with E-state index in [-0.39, 0.29) is 47.9 Å². The van der Waals surface area contributed by atoms with Crippen LogP contribution in [0.3, 0.4) is 0 Å². The summed E-state index contributed by atoms with van der Waals surface area (Å²) in [7, 11) is 0. The van der Waals surface area contributed by atoms with E-state index in [1.54, 1.807) is 11.3 Å². The third-order valence-electron chi connectivity index (χ3n) is 11.2. The smallest absolute Gasteiger partial charge is 0.164 e. The van der Waals surface area contributed by atoms with Gasteiger partial charge in [-0.15, -0.1) is 34.9 Å². The summed E-state index contributed by atoms with van der Waals surface area (Å²) < 4.78 is 10.0. The first-order valence-electron chi connectivity index (χ1n) is 18.6. The second kappa shape index (κ2) is 16.3. The van der Waals surface area contributed by atoms with E-state index in [0.717, 1.165) is 54.7 Å². The number of carbonyl (C=O) groups excluding carboxylic acids is 1. The van der Waals surface area contributed by atoms with Crippen LogP contribution in [0, 0.1) is 29.7 Å². The Morgan fingerprint density at radius 1 is 0.942 bits per heavy atom. The predicted octanol–water partition coefficient (Wildman–Crippen LogP) is 14.3.